The van der Waals surface area contributed by atoms with Gasteiger partial charge in [0.1, 0.15) is 0 Å². The molecule has 1 N–H and O–H groups in total. The van der Waals surface area contributed by atoms with Gasteiger partial charge >= 0.3 is 0 Å². The summed E-state index contributed by atoms with van der Waals surface area (Å²) in [4.78, 5) is 11.9. The van der Waals surface area contributed by atoms with Crippen molar-refractivity contribution in [2.24, 2.45) is 0 Å². The Balaban J connectivity index is 2.24. The van der Waals surface area contributed by atoms with Gasteiger partial charge in [0.15, 0.2) is 0 Å². The Hall–Kier alpha value is -0.820. The molecule has 1 amide bonds. The number of carbonyl (C=O) groups is 1. The molecule has 0 radical (unpaired) electrons. The molecule has 0 aromatic heterocycles. The molecule has 1 aromatic carbocycles. The summed E-state index contributed by atoms with van der Waals surface area (Å²) < 4.78 is 28.0. The van der Waals surface area contributed by atoms with E-state index in [4.69, 9.17) is 27.0 Å². The van der Waals surface area contributed by atoms with Crippen LogP contribution in [0.25, 0.3) is 0 Å². The zero-order chi connectivity index (χ0) is 14.9. The molecular formula is C12H13Cl2NO4S. The van der Waals surface area contributed by atoms with E-state index in [-0.39, 0.29) is 27.6 Å². The second-order valence-corrected chi connectivity index (χ2v) is 7.56. The largest absolute Gasteiger partial charge is 0.376 e. The molecule has 1 fully saturated rings. The minimum Gasteiger partial charge on any atom is -0.376 e. The van der Waals surface area contributed by atoms with Gasteiger partial charge in [-0.25, -0.2) is 8.42 Å². The number of rotatable bonds is 3. The Morgan fingerprint density at radius 2 is 2.10 bits per heavy atom. The van der Waals surface area contributed by atoms with Crippen molar-refractivity contribution in [3.05, 3.63) is 28.8 Å². The second-order valence-electron chi connectivity index (χ2n) is 4.56. The fraction of sp³-hybridized carbons (Fsp3) is 0.417. The van der Waals surface area contributed by atoms with Gasteiger partial charge in [-0.05, 0) is 31.5 Å². The van der Waals surface area contributed by atoms with E-state index in [0.717, 1.165) is 0 Å². The summed E-state index contributed by atoms with van der Waals surface area (Å²) in [6.45, 7) is 2.45. The van der Waals surface area contributed by atoms with Crippen LogP contribution < -0.4 is 5.32 Å². The Kier molecular flexibility index (Phi) is 4.59. The predicted molar refractivity (Wildman–Crippen MR) is 75.8 cm³/mol. The summed E-state index contributed by atoms with van der Waals surface area (Å²) in [5.74, 6) is -0.406. The van der Waals surface area contributed by atoms with E-state index in [1.54, 1.807) is 0 Å². The monoisotopic (exact) mass is 337 g/mol. The fourth-order valence-corrected chi connectivity index (χ4v) is 3.11. The van der Waals surface area contributed by atoms with Crippen LogP contribution >= 0.6 is 22.3 Å². The van der Waals surface area contributed by atoms with Crippen LogP contribution in [0.4, 0.5) is 0 Å². The molecular weight excluding hydrogens is 325 g/mol. The van der Waals surface area contributed by atoms with Crippen molar-refractivity contribution >= 4 is 37.2 Å². The van der Waals surface area contributed by atoms with Crippen LogP contribution in [0.2, 0.25) is 5.02 Å². The number of nitrogens with one attached hydrogen (secondary N) is 1. The highest BCUT2D eigenvalue weighted by Crippen LogP contribution is 2.22. The molecule has 0 saturated carbocycles. The van der Waals surface area contributed by atoms with Gasteiger partial charge < -0.3 is 10.1 Å². The van der Waals surface area contributed by atoms with Crippen LogP contribution in [0.3, 0.4) is 0 Å². The number of benzene rings is 1. The van der Waals surface area contributed by atoms with Gasteiger partial charge in [0, 0.05) is 27.9 Å². The van der Waals surface area contributed by atoms with Crippen molar-refractivity contribution in [1.82, 2.24) is 5.32 Å². The van der Waals surface area contributed by atoms with Crippen LogP contribution in [0.15, 0.2) is 23.1 Å². The lowest BCUT2D eigenvalue weighted by molar-refractivity contribution is 0.0866. The first-order valence-electron chi connectivity index (χ1n) is 5.95. The van der Waals surface area contributed by atoms with Crippen LogP contribution in [0.1, 0.15) is 23.7 Å². The summed E-state index contributed by atoms with van der Waals surface area (Å²) in [6.07, 6.45) is 0.642. The minimum absolute atomic E-state index is 0.0747. The molecule has 2 atom stereocenters. The van der Waals surface area contributed by atoms with Crippen molar-refractivity contribution in [2.45, 2.75) is 30.4 Å². The van der Waals surface area contributed by atoms with Crippen LogP contribution in [0.5, 0.6) is 0 Å². The van der Waals surface area contributed by atoms with Gasteiger partial charge in [0.05, 0.1) is 17.0 Å². The van der Waals surface area contributed by atoms with Crippen LogP contribution in [-0.2, 0) is 13.8 Å². The molecule has 8 heteroatoms. The minimum atomic E-state index is -3.94. The third-order valence-electron chi connectivity index (χ3n) is 3.11. The highest BCUT2D eigenvalue weighted by Gasteiger charge is 2.26. The average Bonchev–Trinajstić information content (AvgIpc) is 2.73. The Morgan fingerprint density at radius 1 is 1.40 bits per heavy atom. The number of halogens is 2. The molecule has 0 bridgehead atoms. The van der Waals surface area contributed by atoms with Crippen molar-refractivity contribution < 1.29 is 17.9 Å². The molecule has 1 heterocycles. The van der Waals surface area contributed by atoms with E-state index in [2.05, 4.69) is 5.32 Å². The van der Waals surface area contributed by atoms with Gasteiger partial charge in [-0.1, -0.05) is 11.6 Å². The zero-order valence-corrected chi connectivity index (χ0v) is 12.9. The van der Waals surface area contributed by atoms with E-state index < -0.39 is 15.0 Å². The van der Waals surface area contributed by atoms with Gasteiger partial charge in [-0.2, -0.15) is 0 Å². The Labute approximate surface area is 126 Å². The number of carbonyl (C=O) groups excluding carboxylic acids is 1. The molecule has 5 nitrogen and oxygen atoms in total. The van der Waals surface area contributed by atoms with Crippen molar-refractivity contribution in [3.8, 4) is 0 Å². The molecule has 1 aromatic rings. The lowest BCUT2D eigenvalue weighted by Gasteiger charge is -2.16. The van der Waals surface area contributed by atoms with E-state index >= 15 is 0 Å². The summed E-state index contributed by atoms with van der Waals surface area (Å²) >= 11 is 5.82. The fourth-order valence-electron chi connectivity index (χ4n) is 2.01. The molecule has 2 rings (SSSR count). The summed E-state index contributed by atoms with van der Waals surface area (Å²) in [7, 11) is 1.33. The molecule has 1 saturated heterocycles. The normalized spacial score (nSPS) is 22.8. The zero-order valence-electron chi connectivity index (χ0n) is 10.6. The standard InChI is InChI=1S/C12H13Cl2NO4S/c1-7-11(2-3-19-7)15-12(16)8-4-9(13)6-10(5-8)20(14,17)18/h4-7,11H,2-3H2,1H3,(H,15,16). The van der Waals surface area contributed by atoms with E-state index in [9.17, 15) is 13.2 Å². The molecule has 1 aliphatic heterocycles. The smallest absolute Gasteiger partial charge is 0.261 e. The van der Waals surface area contributed by atoms with Crippen molar-refractivity contribution in [1.29, 1.82) is 0 Å². The molecule has 110 valence electrons. The average molecular weight is 338 g/mol. The highest BCUT2D eigenvalue weighted by molar-refractivity contribution is 8.13. The molecule has 2 unspecified atom stereocenters. The predicted octanol–water partition coefficient (Wildman–Crippen LogP) is 2.17. The Morgan fingerprint density at radius 3 is 2.65 bits per heavy atom. The van der Waals surface area contributed by atoms with E-state index in [0.29, 0.717) is 13.0 Å². The SMILES string of the molecule is CC1OCCC1NC(=O)c1cc(Cl)cc(S(=O)(=O)Cl)c1. The third kappa shape index (κ3) is 3.63. The topological polar surface area (TPSA) is 72.5 Å². The third-order valence-corrected chi connectivity index (χ3v) is 4.66. The first kappa shape index (κ1) is 15.6. The van der Waals surface area contributed by atoms with E-state index in [1.807, 2.05) is 6.92 Å². The molecule has 20 heavy (non-hydrogen) atoms. The number of hydrogen-bond acceptors (Lipinski definition) is 4. The molecule has 1 aliphatic rings. The van der Waals surface area contributed by atoms with Crippen molar-refractivity contribution in [2.75, 3.05) is 6.61 Å². The maximum absolute atomic E-state index is 12.1. The summed E-state index contributed by atoms with van der Waals surface area (Å²) in [5.41, 5.74) is 0.149. The Bertz CT molecular complexity index is 632. The number of hydrogen-bond donors (Lipinski definition) is 1. The number of ether oxygens (including phenoxy) is 1. The first-order valence-corrected chi connectivity index (χ1v) is 8.64. The second kappa shape index (κ2) is 5.89. The first-order chi connectivity index (χ1) is 9.27. The van der Waals surface area contributed by atoms with E-state index in [1.165, 1.54) is 18.2 Å². The molecule has 0 spiro atoms. The highest BCUT2D eigenvalue weighted by atomic mass is 35.7. The van der Waals surface area contributed by atoms with Crippen molar-refractivity contribution in [3.63, 3.8) is 0 Å². The maximum Gasteiger partial charge on any atom is 0.261 e. The van der Waals surface area contributed by atoms with Crippen LogP contribution in [0, 0.1) is 0 Å². The van der Waals surface area contributed by atoms with Gasteiger partial charge in [-0.15, -0.1) is 0 Å². The van der Waals surface area contributed by atoms with Gasteiger partial charge in [0.25, 0.3) is 15.0 Å². The van der Waals surface area contributed by atoms with Crippen LogP contribution in [-0.4, -0.2) is 33.1 Å². The van der Waals surface area contributed by atoms with Gasteiger partial charge in [0.2, 0.25) is 0 Å². The number of amides is 1. The lowest BCUT2D eigenvalue weighted by atomic mass is 10.1. The quantitative estimate of drug-likeness (QED) is 0.858. The van der Waals surface area contributed by atoms with Gasteiger partial charge in [-0.3, -0.25) is 4.79 Å². The lowest BCUT2D eigenvalue weighted by Crippen LogP contribution is -2.39. The summed E-state index contributed by atoms with van der Waals surface area (Å²) in [5, 5.41) is 2.92. The molecule has 0 aliphatic carbocycles. The summed E-state index contributed by atoms with van der Waals surface area (Å²) in [6, 6.07) is 3.69. The maximum atomic E-state index is 12.1.